The molecule has 0 fully saturated rings. The molecule has 0 aliphatic rings. The summed E-state index contributed by atoms with van der Waals surface area (Å²) in [6.45, 7) is 19.7. The fourth-order valence-corrected chi connectivity index (χ4v) is 2.54. The zero-order valence-electron chi connectivity index (χ0n) is 14.9. The molecule has 0 aliphatic heterocycles. The standard InChI is InChI=1S/C19H16.2C2H6/c1-5-11-17-15(7-3)14(6-2)16(8-4)18-12-9-10-13-19(17)18;2*1-2/h1,6-10,12-13H,2-4,11H2;2*1-2H3. The molecular weight excluding hydrogens is 276 g/mol. The van der Waals surface area contributed by atoms with Crippen molar-refractivity contribution in [3.63, 3.8) is 0 Å². The van der Waals surface area contributed by atoms with Crippen LogP contribution >= 0.6 is 0 Å². The van der Waals surface area contributed by atoms with Crippen LogP contribution < -0.4 is 0 Å². The van der Waals surface area contributed by atoms with E-state index < -0.39 is 0 Å². The quantitative estimate of drug-likeness (QED) is 0.533. The molecule has 0 saturated carbocycles. The summed E-state index contributed by atoms with van der Waals surface area (Å²) in [7, 11) is 0. The Morgan fingerprint density at radius 1 is 0.826 bits per heavy atom. The Hall–Kier alpha value is -2.52. The van der Waals surface area contributed by atoms with E-state index in [1.165, 1.54) is 0 Å². The van der Waals surface area contributed by atoms with Crippen LogP contribution in [-0.2, 0) is 6.42 Å². The minimum Gasteiger partial charge on any atom is -0.120 e. The van der Waals surface area contributed by atoms with Gasteiger partial charge in [0.2, 0.25) is 0 Å². The molecule has 23 heavy (non-hydrogen) atoms. The van der Waals surface area contributed by atoms with Crippen LogP contribution in [0.15, 0.2) is 44.0 Å². The van der Waals surface area contributed by atoms with Crippen molar-refractivity contribution >= 4 is 29.0 Å². The molecule has 2 aromatic carbocycles. The van der Waals surface area contributed by atoms with Gasteiger partial charge in [-0.3, -0.25) is 0 Å². The third kappa shape index (κ3) is 4.24. The summed E-state index contributed by atoms with van der Waals surface area (Å²) in [5.41, 5.74) is 4.32. The van der Waals surface area contributed by atoms with Crippen molar-refractivity contribution < 1.29 is 0 Å². The molecule has 0 amide bonds. The van der Waals surface area contributed by atoms with Gasteiger partial charge in [-0.25, -0.2) is 0 Å². The van der Waals surface area contributed by atoms with Gasteiger partial charge in [-0.1, -0.05) is 89.9 Å². The lowest BCUT2D eigenvalue weighted by atomic mass is 9.87. The van der Waals surface area contributed by atoms with Crippen LogP contribution in [0.1, 0.15) is 49.9 Å². The second-order valence-electron chi connectivity index (χ2n) is 4.26. The van der Waals surface area contributed by atoms with Gasteiger partial charge in [-0.05, 0) is 33.0 Å². The van der Waals surface area contributed by atoms with Crippen LogP contribution in [0, 0.1) is 12.3 Å². The first-order valence-corrected chi connectivity index (χ1v) is 8.16. The lowest BCUT2D eigenvalue weighted by Gasteiger charge is -2.16. The molecule has 0 bridgehead atoms. The highest BCUT2D eigenvalue weighted by Gasteiger charge is 2.13. The first-order chi connectivity index (χ1) is 11.3. The van der Waals surface area contributed by atoms with Crippen LogP contribution in [0.2, 0.25) is 0 Å². The Labute approximate surface area is 142 Å². The third-order valence-corrected chi connectivity index (χ3v) is 3.34. The second-order valence-corrected chi connectivity index (χ2v) is 4.26. The molecule has 0 N–H and O–H groups in total. The first kappa shape index (κ1) is 20.5. The van der Waals surface area contributed by atoms with E-state index in [1.54, 1.807) is 0 Å². The molecule has 0 radical (unpaired) electrons. The lowest BCUT2D eigenvalue weighted by Crippen LogP contribution is -1.97. The Morgan fingerprint density at radius 3 is 1.74 bits per heavy atom. The van der Waals surface area contributed by atoms with Gasteiger partial charge in [-0.2, -0.15) is 0 Å². The normalized spacial score (nSPS) is 8.65. The number of terminal acetylenes is 1. The zero-order chi connectivity index (χ0) is 17.8. The lowest BCUT2D eigenvalue weighted by molar-refractivity contribution is 1.33. The first-order valence-electron chi connectivity index (χ1n) is 8.16. The number of hydrogen-bond acceptors (Lipinski definition) is 0. The Kier molecular flexibility index (Phi) is 9.88. The van der Waals surface area contributed by atoms with E-state index in [0.717, 1.165) is 33.0 Å². The predicted molar refractivity (Wildman–Crippen MR) is 109 cm³/mol. The molecule has 0 atom stereocenters. The predicted octanol–water partition coefficient (Wildman–Crippen LogP) is 7.00. The number of rotatable bonds is 4. The van der Waals surface area contributed by atoms with Gasteiger partial charge in [0.25, 0.3) is 0 Å². The second kappa shape index (κ2) is 11.1. The van der Waals surface area contributed by atoms with Crippen LogP contribution in [0.25, 0.3) is 29.0 Å². The summed E-state index contributed by atoms with van der Waals surface area (Å²) in [6.07, 6.45) is 11.7. The average molecular weight is 304 g/mol. The van der Waals surface area contributed by atoms with Crippen molar-refractivity contribution in [3.05, 3.63) is 66.3 Å². The largest absolute Gasteiger partial charge is 0.120 e. The summed E-state index contributed by atoms with van der Waals surface area (Å²) >= 11 is 0. The number of fused-ring (bicyclic) bond motifs is 1. The summed E-state index contributed by atoms with van der Waals surface area (Å²) in [5, 5.41) is 2.32. The minimum atomic E-state index is 0.583. The van der Waals surface area contributed by atoms with Gasteiger partial charge in [0.05, 0.1) is 0 Å². The summed E-state index contributed by atoms with van der Waals surface area (Å²) in [5.74, 6) is 2.73. The molecule has 0 aliphatic carbocycles. The van der Waals surface area contributed by atoms with Gasteiger partial charge in [0.15, 0.2) is 0 Å². The van der Waals surface area contributed by atoms with Crippen LogP contribution in [0.3, 0.4) is 0 Å². The van der Waals surface area contributed by atoms with Gasteiger partial charge < -0.3 is 0 Å². The summed E-state index contributed by atoms with van der Waals surface area (Å²) in [6, 6.07) is 8.23. The molecule has 2 rings (SSSR count). The van der Waals surface area contributed by atoms with E-state index in [1.807, 2.05) is 58.1 Å². The smallest absolute Gasteiger partial charge is 0.0350 e. The van der Waals surface area contributed by atoms with Crippen molar-refractivity contribution in [1.29, 1.82) is 0 Å². The minimum absolute atomic E-state index is 0.583. The molecule has 0 aromatic heterocycles. The molecular formula is C23H28. The fraction of sp³-hybridized carbons (Fsp3) is 0.217. The van der Waals surface area contributed by atoms with Crippen molar-refractivity contribution in [1.82, 2.24) is 0 Å². The Bertz CT molecular complexity index is 709. The monoisotopic (exact) mass is 304 g/mol. The van der Waals surface area contributed by atoms with Crippen molar-refractivity contribution in [2.45, 2.75) is 34.1 Å². The maximum Gasteiger partial charge on any atom is 0.0350 e. The molecule has 0 heterocycles. The van der Waals surface area contributed by atoms with Crippen molar-refractivity contribution in [2.75, 3.05) is 0 Å². The molecule has 0 saturated heterocycles. The maximum atomic E-state index is 5.51. The number of benzene rings is 2. The van der Waals surface area contributed by atoms with Gasteiger partial charge in [0.1, 0.15) is 0 Å². The third-order valence-electron chi connectivity index (χ3n) is 3.34. The van der Waals surface area contributed by atoms with E-state index in [4.69, 9.17) is 6.42 Å². The molecule has 0 spiro atoms. The highest BCUT2D eigenvalue weighted by Crippen LogP contribution is 2.33. The van der Waals surface area contributed by atoms with Gasteiger partial charge >= 0.3 is 0 Å². The van der Waals surface area contributed by atoms with Crippen molar-refractivity contribution in [3.8, 4) is 12.3 Å². The molecule has 0 heteroatoms. The van der Waals surface area contributed by atoms with Gasteiger partial charge in [-0.15, -0.1) is 12.3 Å². The van der Waals surface area contributed by atoms with E-state index >= 15 is 0 Å². The molecule has 0 unspecified atom stereocenters. The molecule has 120 valence electrons. The van der Waals surface area contributed by atoms with E-state index in [0.29, 0.717) is 6.42 Å². The average Bonchev–Trinajstić information content (AvgIpc) is 2.64. The van der Waals surface area contributed by atoms with Crippen LogP contribution in [0.5, 0.6) is 0 Å². The topological polar surface area (TPSA) is 0 Å². The van der Waals surface area contributed by atoms with Crippen LogP contribution in [-0.4, -0.2) is 0 Å². The molecule has 2 aromatic rings. The highest BCUT2D eigenvalue weighted by molar-refractivity contribution is 5.99. The van der Waals surface area contributed by atoms with E-state index in [-0.39, 0.29) is 0 Å². The maximum absolute atomic E-state index is 5.51. The van der Waals surface area contributed by atoms with Crippen molar-refractivity contribution in [2.24, 2.45) is 0 Å². The summed E-state index contributed by atoms with van der Waals surface area (Å²) < 4.78 is 0. The Balaban J connectivity index is 0.00000112. The Morgan fingerprint density at radius 2 is 1.30 bits per heavy atom. The van der Waals surface area contributed by atoms with Gasteiger partial charge in [0, 0.05) is 6.42 Å². The summed E-state index contributed by atoms with van der Waals surface area (Å²) in [4.78, 5) is 0. The van der Waals surface area contributed by atoms with Crippen LogP contribution in [0.4, 0.5) is 0 Å². The number of hydrogen-bond donors (Lipinski definition) is 0. The SMILES string of the molecule is C#CCc1c(C=C)c(C=C)c(C=C)c2ccccc12.CC.CC. The highest BCUT2D eigenvalue weighted by atomic mass is 14.2. The zero-order valence-corrected chi connectivity index (χ0v) is 14.9. The van der Waals surface area contributed by atoms with E-state index in [2.05, 4.69) is 37.8 Å². The van der Waals surface area contributed by atoms with E-state index in [9.17, 15) is 0 Å². The fourth-order valence-electron chi connectivity index (χ4n) is 2.54. The molecule has 0 nitrogen and oxygen atoms in total.